The lowest BCUT2D eigenvalue weighted by Gasteiger charge is -2.20. The number of nitrogens with one attached hydrogen (secondary N) is 1. The predicted molar refractivity (Wildman–Crippen MR) is 101 cm³/mol. The van der Waals surface area contributed by atoms with Crippen LogP contribution in [0.1, 0.15) is 11.1 Å². The molecule has 4 nitrogen and oxygen atoms in total. The van der Waals surface area contributed by atoms with Gasteiger partial charge in [-0.2, -0.15) is 0 Å². The second kappa shape index (κ2) is 6.97. The summed E-state index contributed by atoms with van der Waals surface area (Å²) in [5, 5.41) is 6.44. The van der Waals surface area contributed by atoms with Crippen LogP contribution in [0, 0.1) is 0 Å². The van der Waals surface area contributed by atoms with Crippen molar-refractivity contribution in [2.24, 2.45) is 0 Å². The molecular formula is C21H21N3O. The van der Waals surface area contributed by atoms with Crippen molar-refractivity contribution in [3.8, 4) is 0 Å². The number of hydrogen-bond donors (Lipinski definition) is 1. The van der Waals surface area contributed by atoms with Crippen LogP contribution >= 0.6 is 0 Å². The van der Waals surface area contributed by atoms with E-state index in [1.807, 2.05) is 35.3 Å². The summed E-state index contributed by atoms with van der Waals surface area (Å²) in [6.45, 7) is 1.06. The normalized spacial score (nSPS) is 14.2. The standard InChI is InChI=1S/C21H21N3O/c1-23-21(19-8-3-2-4-9-19)14-24(22-23)16-25-15-17-11-12-18-7-5-6-10-20(18)13-17/h2-14,22H,15-16H2,1H3. The van der Waals surface area contributed by atoms with E-state index < -0.39 is 0 Å². The minimum absolute atomic E-state index is 0.480. The molecule has 4 heteroatoms. The van der Waals surface area contributed by atoms with Crippen LogP contribution in [0.2, 0.25) is 0 Å². The van der Waals surface area contributed by atoms with E-state index in [1.165, 1.54) is 21.9 Å². The van der Waals surface area contributed by atoms with Gasteiger partial charge in [-0.3, -0.25) is 10.0 Å². The molecule has 0 radical (unpaired) electrons. The van der Waals surface area contributed by atoms with Gasteiger partial charge in [-0.1, -0.05) is 66.7 Å². The highest BCUT2D eigenvalue weighted by Crippen LogP contribution is 2.21. The second-order valence-corrected chi connectivity index (χ2v) is 6.17. The molecule has 0 unspecified atom stereocenters. The highest BCUT2D eigenvalue weighted by atomic mass is 16.5. The van der Waals surface area contributed by atoms with Crippen LogP contribution in [-0.4, -0.2) is 23.8 Å². The lowest BCUT2D eigenvalue weighted by molar-refractivity contribution is -0.000740. The molecule has 0 spiro atoms. The maximum atomic E-state index is 5.88. The van der Waals surface area contributed by atoms with Gasteiger partial charge in [-0.15, -0.1) is 5.53 Å². The Morgan fingerprint density at radius 2 is 1.64 bits per heavy atom. The van der Waals surface area contributed by atoms with Crippen molar-refractivity contribution in [3.63, 3.8) is 0 Å². The molecule has 0 aliphatic carbocycles. The fourth-order valence-electron chi connectivity index (χ4n) is 3.04. The van der Waals surface area contributed by atoms with E-state index in [1.54, 1.807) is 0 Å². The van der Waals surface area contributed by atoms with Gasteiger partial charge in [0.25, 0.3) is 0 Å². The average Bonchev–Trinajstić information content (AvgIpc) is 3.03. The minimum atomic E-state index is 0.480. The second-order valence-electron chi connectivity index (χ2n) is 6.17. The Labute approximate surface area is 147 Å². The van der Waals surface area contributed by atoms with E-state index in [-0.39, 0.29) is 0 Å². The van der Waals surface area contributed by atoms with Crippen LogP contribution < -0.4 is 5.53 Å². The number of rotatable bonds is 5. The smallest absolute Gasteiger partial charge is 0.134 e. The summed E-state index contributed by atoms with van der Waals surface area (Å²) < 4.78 is 5.88. The third kappa shape index (κ3) is 3.50. The van der Waals surface area contributed by atoms with Gasteiger partial charge in [0.2, 0.25) is 0 Å². The van der Waals surface area contributed by atoms with E-state index >= 15 is 0 Å². The summed E-state index contributed by atoms with van der Waals surface area (Å²) in [5.41, 5.74) is 6.74. The lowest BCUT2D eigenvalue weighted by Crippen LogP contribution is -2.38. The SMILES string of the molecule is CN1NN(COCc2ccc3ccccc3c2)C=C1c1ccccc1. The van der Waals surface area contributed by atoms with Crippen molar-refractivity contribution >= 4 is 16.5 Å². The van der Waals surface area contributed by atoms with E-state index in [0.29, 0.717) is 13.3 Å². The first kappa shape index (κ1) is 15.7. The van der Waals surface area contributed by atoms with Gasteiger partial charge in [-0.25, -0.2) is 0 Å². The largest absolute Gasteiger partial charge is 0.355 e. The summed E-state index contributed by atoms with van der Waals surface area (Å²) in [6.07, 6.45) is 2.07. The molecule has 0 saturated carbocycles. The molecule has 0 atom stereocenters. The van der Waals surface area contributed by atoms with E-state index in [2.05, 4.69) is 66.3 Å². The van der Waals surface area contributed by atoms with Gasteiger partial charge in [0.1, 0.15) is 6.73 Å². The Kier molecular flexibility index (Phi) is 4.37. The zero-order valence-electron chi connectivity index (χ0n) is 14.2. The third-order valence-electron chi connectivity index (χ3n) is 4.30. The van der Waals surface area contributed by atoms with Crippen molar-refractivity contribution in [2.45, 2.75) is 6.61 Å². The molecule has 0 amide bonds. The van der Waals surface area contributed by atoms with Crippen LogP contribution in [0.15, 0.2) is 79.0 Å². The lowest BCUT2D eigenvalue weighted by atomic mass is 10.1. The Morgan fingerprint density at radius 1 is 0.880 bits per heavy atom. The van der Waals surface area contributed by atoms with E-state index in [4.69, 9.17) is 4.74 Å². The number of hydrazine groups is 2. The fourth-order valence-corrected chi connectivity index (χ4v) is 3.04. The van der Waals surface area contributed by atoms with Crippen LogP contribution in [0.4, 0.5) is 0 Å². The number of fused-ring (bicyclic) bond motifs is 1. The zero-order valence-corrected chi connectivity index (χ0v) is 14.2. The maximum absolute atomic E-state index is 5.88. The van der Waals surface area contributed by atoms with Crippen molar-refractivity contribution in [3.05, 3.63) is 90.1 Å². The average molecular weight is 331 g/mol. The summed E-state index contributed by atoms with van der Waals surface area (Å²) in [4.78, 5) is 0. The molecule has 0 aromatic heterocycles. The molecule has 4 rings (SSSR count). The molecule has 0 saturated heterocycles. The summed E-state index contributed by atoms with van der Waals surface area (Å²) in [6, 6.07) is 25.1. The summed E-state index contributed by atoms with van der Waals surface area (Å²) >= 11 is 0. The first-order chi connectivity index (χ1) is 12.3. The molecule has 1 heterocycles. The van der Waals surface area contributed by atoms with Gasteiger partial charge < -0.3 is 4.74 Å². The Bertz CT molecular complexity index is 892. The fraction of sp³-hybridized carbons (Fsp3) is 0.143. The first-order valence-electron chi connectivity index (χ1n) is 8.39. The minimum Gasteiger partial charge on any atom is -0.355 e. The number of hydrogen-bond acceptors (Lipinski definition) is 4. The third-order valence-corrected chi connectivity index (χ3v) is 4.30. The molecular weight excluding hydrogens is 310 g/mol. The van der Waals surface area contributed by atoms with Gasteiger partial charge in [0.05, 0.1) is 12.3 Å². The molecule has 126 valence electrons. The first-order valence-corrected chi connectivity index (χ1v) is 8.39. The number of ether oxygens (including phenoxy) is 1. The van der Waals surface area contributed by atoms with Crippen LogP contribution in [0.5, 0.6) is 0 Å². The van der Waals surface area contributed by atoms with Gasteiger partial charge in [0.15, 0.2) is 0 Å². The molecule has 3 aromatic rings. The number of benzene rings is 3. The Morgan fingerprint density at radius 3 is 2.48 bits per heavy atom. The molecule has 1 aliphatic heterocycles. The molecule has 1 N–H and O–H groups in total. The highest BCUT2D eigenvalue weighted by molar-refractivity contribution is 5.82. The van der Waals surface area contributed by atoms with Crippen molar-refractivity contribution in [1.29, 1.82) is 0 Å². The van der Waals surface area contributed by atoms with Gasteiger partial charge in [-0.05, 0) is 22.4 Å². The molecule has 0 fully saturated rings. The Hall–Kier alpha value is -2.82. The van der Waals surface area contributed by atoms with Crippen LogP contribution in [0.25, 0.3) is 16.5 Å². The van der Waals surface area contributed by atoms with E-state index in [9.17, 15) is 0 Å². The zero-order chi connectivity index (χ0) is 17.1. The van der Waals surface area contributed by atoms with E-state index in [0.717, 1.165) is 5.70 Å². The van der Waals surface area contributed by atoms with Crippen molar-refractivity contribution in [2.75, 3.05) is 13.8 Å². The predicted octanol–water partition coefficient (Wildman–Crippen LogP) is 3.98. The van der Waals surface area contributed by atoms with Crippen LogP contribution in [0.3, 0.4) is 0 Å². The molecule has 25 heavy (non-hydrogen) atoms. The van der Waals surface area contributed by atoms with Crippen molar-refractivity contribution < 1.29 is 4.74 Å². The maximum Gasteiger partial charge on any atom is 0.134 e. The topological polar surface area (TPSA) is 27.7 Å². The van der Waals surface area contributed by atoms with Crippen molar-refractivity contribution in [1.82, 2.24) is 15.6 Å². The molecule has 1 aliphatic rings. The highest BCUT2D eigenvalue weighted by Gasteiger charge is 2.18. The van der Waals surface area contributed by atoms with Gasteiger partial charge in [0, 0.05) is 18.8 Å². The van der Waals surface area contributed by atoms with Gasteiger partial charge >= 0.3 is 0 Å². The quantitative estimate of drug-likeness (QED) is 0.765. The monoisotopic (exact) mass is 331 g/mol. The number of nitrogens with zero attached hydrogens (tertiary/aromatic N) is 2. The van der Waals surface area contributed by atoms with Crippen LogP contribution in [-0.2, 0) is 11.3 Å². The molecule has 0 bridgehead atoms. The Balaban J connectivity index is 1.37. The summed E-state index contributed by atoms with van der Waals surface area (Å²) in [7, 11) is 2.00. The molecule has 3 aromatic carbocycles. The summed E-state index contributed by atoms with van der Waals surface area (Å²) in [5.74, 6) is 0.